The Bertz CT molecular complexity index is 485. The molecule has 1 fully saturated rings. The number of carbonyl (C=O) groups is 2. The van der Waals surface area contributed by atoms with Crippen LogP contribution in [0.25, 0.3) is 0 Å². The summed E-state index contributed by atoms with van der Waals surface area (Å²) in [4.78, 5) is 24.5. The Balaban J connectivity index is 2.06. The SMILES string of the molecule is NC(=O)CN(Cc1ccccc1N)C(=O)NC1CC1. The third-order valence-electron chi connectivity index (χ3n) is 2.96. The zero-order chi connectivity index (χ0) is 13.8. The molecule has 0 saturated heterocycles. The van der Waals surface area contributed by atoms with Gasteiger partial charge in [0.2, 0.25) is 5.91 Å². The second-order valence-electron chi connectivity index (χ2n) is 4.74. The predicted molar refractivity (Wildman–Crippen MR) is 72.0 cm³/mol. The normalized spacial score (nSPS) is 13.9. The summed E-state index contributed by atoms with van der Waals surface area (Å²) in [6, 6.07) is 7.21. The smallest absolute Gasteiger partial charge is 0.318 e. The molecule has 0 bridgehead atoms. The molecule has 1 aliphatic rings. The molecule has 5 N–H and O–H groups in total. The first-order valence-electron chi connectivity index (χ1n) is 6.23. The van der Waals surface area contributed by atoms with Crippen LogP contribution in [0.3, 0.4) is 0 Å². The molecule has 0 aliphatic heterocycles. The van der Waals surface area contributed by atoms with Crippen molar-refractivity contribution < 1.29 is 9.59 Å². The molecule has 6 nitrogen and oxygen atoms in total. The van der Waals surface area contributed by atoms with Crippen LogP contribution >= 0.6 is 0 Å². The highest BCUT2D eigenvalue weighted by Crippen LogP contribution is 2.19. The fourth-order valence-electron chi connectivity index (χ4n) is 1.77. The summed E-state index contributed by atoms with van der Waals surface area (Å²) in [5.41, 5.74) is 12.4. The van der Waals surface area contributed by atoms with E-state index in [-0.39, 0.29) is 25.2 Å². The van der Waals surface area contributed by atoms with E-state index in [0.717, 1.165) is 18.4 Å². The summed E-state index contributed by atoms with van der Waals surface area (Å²) >= 11 is 0. The zero-order valence-electron chi connectivity index (χ0n) is 10.6. The molecule has 6 heteroatoms. The standard InChI is InChI=1S/C13H18N4O2/c14-11-4-2-1-3-9(11)7-17(8-12(15)18)13(19)16-10-5-6-10/h1-4,10H,5-8,14H2,(H2,15,18)(H,16,19). The summed E-state index contributed by atoms with van der Waals surface area (Å²) in [6.45, 7) is 0.154. The van der Waals surface area contributed by atoms with Crippen LogP contribution in [0, 0.1) is 0 Å². The van der Waals surface area contributed by atoms with Crippen molar-refractivity contribution in [3.05, 3.63) is 29.8 Å². The van der Waals surface area contributed by atoms with E-state index in [1.165, 1.54) is 4.90 Å². The lowest BCUT2D eigenvalue weighted by atomic mass is 10.1. The second-order valence-corrected chi connectivity index (χ2v) is 4.74. The van der Waals surface area contributed by atoms with Gasteiger partial charge in [-0.3, -0.25) is 4.79 Å². The predicted octanol–water partition coefficient (Wildman–Crippen LogP) is 0.428. The van der Waals surface area contributed by atoms with E-state index < -0.39 is 5.91 Å². The number of nitrogens with zero attached hydrogens (tertiary/aromatic N) is 1. The number of hydrogen-bond donors (Lipinski definition) is 3. The lowest BCUT2D eigenvalue weighted by molar-refractivity contribution is -0.118. The summed E-state index contributed by atoms with van der Waals surface area (Å²) in [7, 11) is 0. The van der Waals surface area contributed by atoms with Gasteiger partial charge in [0.1, 0.15) is 6.54 Å². The quantitative estimate of drug-likeness (QED) is 0.670. The minimum absolute atomic E-state index is 0.118. The molecule has 19 heavy (non-hydrogen) atoms. The molecule has 0 heterocycles. The van der Waals surface area contributed by atoms with Crippen LogP contribution in [0.4, 0.5) is 10.5 Å². The first-order chi connectivity index (χ1) is 9.06. The lowest BCUT2D eigenvalue weighted by Gasteiger charge is -2.22. The van der Waals surface area contributed by atoms with Gasteiger partial charge in [0, 0.05) is 18.3 Å². The van der Waals surface area contributed by atoms with Crippen LogP contribution in [-0.2, 0) is 11.3 Å². The maximum absolute atomic E-state index is 12.0. The Morgan fingerprint density at radius 3 is 2.58 bits per heavy atom. The van der Waals surface area contributed by atoms with Crippen molar-refractivity contribution in [3.63, 3.8) is 0 Å². The van der Waals surface area contributed by atoms with E-state index in [1.54, 1.807) is 6.07 Å². The van der Waals surface area contributed by atoms with E-state index in [1.807, 2.05) is 18.2 Å². The van der Waals surface area contributed by atoms with Gasteiger partial charge in [-0.2, -0.15) is 0 Å². The topological polar surface area (TPSA) is 101 Å². The molecule has 1 aromatic rings. The number of anilines is 1. The third kappa shape index (κ3) is 3.87. The largest absolute Gasteiger partial charge is 0.398 e. The Morgan fingerprint density at radius 2 is 2.00 bits per heavy atom. The molecule has 0 atom stereocenters. The van der Waals surface area contributed by atoms with Crippen molar-refractivity contribution in [1.29, 1.82) is 0 Å². The van der Waals surface area contributed by atoms with Crippen molar-refractivity contribution in [2.24, 2.45) is 5.73 Å². The molecule has 1 aromatic carbocycles. The lowest BCUT2D eigenvalue weighted by Crippen LogP contribution is -2.44. The van der Waals surface area contributed by atoms with Crippen molar-refractivity contribution in [3.8, 4) is 0 Å². The van der Waals surface area contributed by atoms with Crippen LogP contribution in [0.15, 0.2) is 24.3 Å². The fourth-order valence-corrected chi connectivity index (χ4v) is 1.77. The van der Waals surface area contributed by atoms with Gasteiger partial charge in [0.05, 0.1) is 0 Å². The van der Waals surface area contributed by atoms with Crippen LogP contribution in [0.5, 0.6) is 0 Å². The highest BCUT2D eigenvalue weighted by Gasteiger charge is 2.26. The number of rotatable bonds is 5. The first kappa shape index (κ1) is 13.2. The maximum Gasteiger partial charge on any atom is 0.318 e. The number of urea groups is 1. The Hall–Kier alpha value is -2.24. The van der Waals surface area contributed by atoms with Crippen molar-refractivity contribution >= 4 is 17.6 Å². The van der Waals surface area contributed by atoms with Crippen molar-refractivity contribution in [2.75, 3.05) is 12.3 Å². The Labute approximate surface area is 111 Å². The van der Waals surface area contributed by atoms with Gasteiger partial charge in [-0.1, -0.05) is 18.2 Å². The van der Waals surface area contributed by atoms with Crippen LogP contribution in [0.2, 0.25) is 0 Å². The van der Waals surface area contributed by atoms with Gasteiger partial charge in [0.25, 0.3) is 0 Å². The van der Waals surface area contributed by atoms with E-state index in [4.69, 9.17) is 11.5 Å². The van der Waals surface area contributed by atoms with Gasteiger partial charge >= 0.3 is 6.03 Å². The average molecular weight is 262 g/mol. The number of benzene rings is 1. The Kier molecular flexibility index (Phi) is 3.89. The molecule has 0 unspecified atom stereocenters. The number of primary amides is 1. The van der Waals surface area contributed by atoms with Gasteiger partial charge in [-0.05, 0) is 24.5 Å². The molecule has 1 aliphatic carbocycles. The summed E-state index contributed by atoms with van der Waals surface area (Å²) in [6.07, 6.45) is 1.98. The summed E-state index contributed by atoms with van der Waals surface area (Å²) in [5.74, 6) is -0.541. The monoisotopic (exact) mass is 262 g/mol. The summed E-state index contributed by atoms with van der Waals surface area (Å²) in [5, 5.41) is 2.84. The molecular weight excluding hydrogens is 244 g/mol. The van der Waals surface area contributed by atoms with Crippen molar-refractivity contribution in [1.82, 2.24) is 10.2 Å². The number of carbonyl (C=O) groups excluding carboxylic acids is 2. The zero-order valence-corrected chi connectivity index (χ0v) is 10.6. The number of hydrogen-bond acceptors (Lipinski definition) is 3. The molecule has 102 valence electrons. The minimum atomic E-state index is -0.541. The molecule has 0 spiro atoms. The fraction of sp³-hybridized carbons (Fsp3) is 0.385. The van der Waals surface area contributed by atoms with Gasteiger partial charge in [-0.25, -0.2) is 4.79 Å². The molecule has 0 aromatic heterocycles. The molecular formula is C13H18N4O2. The maximum atomic E-state index is 12.0. The highest BCUT2D eigenvalue weighted by molar-refractivity contribution is 5.83. The van der Waals surface area contributed by atoms with E-state index in [9.17, 15) is 9.59 Å². The Morgan fingerprint density at radius 1 is 1.32 bits per heavy atom. The van der Waals surface area contributed by atoms with Gasteiger partial charge < -0.3 is 21.7 Å². The van der Waals surface area contributed by atoms with Crippen LogP contribution in [-0.4, -0.2) is 29.4 Å². The molecule has 0 radical (unpaired) electrons. The first-order valence-corrected chi connectivity index (χ1v) is 6.23. The van der Waals surface area contributed by atoms with E-state index in [2.05, 4.69) is 5.32 Å². The molecule has 1 saturated carbocycles. The number of nitrogens with one attached hydrogen (secondary N) is 1. The van der Waals surface area contributed by atoms with Crippen molar-refractivity contribution in [2.45, 2.75) is 25.4 Å². The van der Waals surface area contributed by atoms with Crippen LogP contribution < -0.4 is 16.8 Å². The second kappa shape index (κ2) is 5.60. The van der Waals surface area contributed by atoms with E-state index in [0.29, 0.717) is 5.69 Å². The van der Waals surface area contributed by atoms with Crippen LogP contribution in [0.1, 0.15) is 18.4 Å². The summed E-state index contributed by atoms with van der Waals surface area (Å²) < 4.78 is 0. The number of nitrogen functional groups attached to an aromatic ring is 1. The van der Waals surface area contributed by atoms with E-state index >= 15 is 0 Å². The third-order valence-corrected chi connectivity index (χ3v) is 2.96. The highest BCUT2D eigenvalue weighted by atomic mass is 16.2. The number of para-hydroxylation sites is 1. The average Bonchev–Trinajstić information content (AvgIpc) is 3.14. The molecule has 3 amide bonds. The molecule has 2 rings (SSSR count). The van der Waals surface area contributed by atoms with Gasteiger partial charge in [0.15, 0.2) is 0 Å². The number of nitrogens with two attached hydrogens (primary N) is 2. The number of amides is 3. The van der Waals surface area contributed by atoms with Gasteiger partial charge in [-0.15, -0.1) is 0 Å². The minimum Gasteiger partial charge on any atom is -0.398 e.